The van der Waals surface area contributed by atoms with E-state index in [4.69, 9.17) is 0 Å². The van der Waals surface area contributed by atoms with Gasteiger partial charge in [0.1, 0.15) is 5.82 Å². The fourth-order valence-electron chi connectivity index (χ4n) is 4.01. The second-order valence-corrected chi connectivity index (χ2v) is 7.09. The SMILES string of the molecule is Cc1cccc(-c2cc3c(ncc4cnc(C5CCC(O)C5)n43)[nH]2)c1. The number of aromatic nitrogens is 4. The molecule has 2 atom stereocenters. The molecule has 1 aromatic carbocycles. The number of H-pyrrole nitrogens is 1. The molecule has 25 heavy (non-hydrogen) atoms. The molecule has 1 aliphatic carbocycles. The average Bonchev–Trinajstić information content (AvgIpc) is 3.30. The highest BCUT2D eigenvalue weighted by molar-refractivity contribution is 5.82. The van der Waals surface area contributed by atoms with Gasteiger partial charge in [0, 0.05) is 11.6 Å². The maximum atomic E-state index is 9.91. The largest absolute Gasteiger partial charge is 0.393 e. The van der Waals surface area contributed by atoms with Crippen LogP contribution in [0, 0.1) is 6.92 Å². The van der Waals surface area contributed by atoms with Gasteiger partial charge in [-0.3, -0.25) is 4.40 Å². The van der Waals surface area contributed by atoms with Gasteiger partial charge in [0.2, 0.25) is 0 Å². The van der Waals surface area contributed by atoms with Crippen molar-refractivity contribution >= 4 is 16.7 Å². The molecule has 5 heteroatoms. The van der Waals surface area contributed by atoms with Crippen LogP contribution in [0.15, 0.2) is 42.7 Å². The lowest BCUT2D eigenvalue weighted by molar-refractivity contribution is 0.181. The van der Waals surface area contributed by atoms with E-state index in [2.05, 4.69) is 56.6 Å². The van der Waals surface area contributed by atoms with E-state index in [0.717, 1.165) is 53.0 Å². The Morgan fingerprint density at radius 1 is 1.16 bits per heavy atom. The zero-order valence-electron chi connectivity index (χ0n) is 14.1. The summed E-state index contributed by atoms with van der Waals surface area (Å²) in [6, 6.07) is 10.6. The molecule has 2 N–H and O–H groups in total. The highest BCUT2D eigenvalue weighted by Crippen LogP contribution is 2.35. The molecule has 1 fully saturated rings. The first-order chi connectivity index (χ1) is 12.2. The standard InChI is InChI=1S/C20H20N4O/c1-12-3-2-4-13(7-12)17-9-18-19(23-17)21-10-15-11-22-20(24(15)18)14-5-6-16(25)8-14/h2-4,7,9-11,14,16,23,25H,5-6,8H2,1H3. The van der Waals surface area contributed by atoms with Gasteiger partial charge in [0.25, 0.3) is 0 Å². The van der Waals surface area contributed by atoms with Crippen molar-refractivity contribution in [3.05, 3.63) is 54.1 Å². The van der Waals surface area contributed by atoms with Crippen molar-refractivity contribution in [3.63, 3.8) is 0 Å². The minimum atomic E-state index is -0.205. The number of aliphatic hydroxyl groups excluding tert-OH is 1. The Morgan fingerprint density at radius 3 is 2.84 bits per heavy atom. The Bertz CT molecular complexity index is 1080. The molecular formula is C20H20N4O. The van der Waals surface area contributed by atoms with E-state index in [1.165, 1.54) is 5.56 Å². The van der Waals surface area contributed by atoms with Crippen molar-refractivity contribution in [2.45, 2.75) is 38.2 Å². The third kappa shape index (κ3) is 2.35. The maximum Gasteiger partial charge on any atom is 0.154 e. The summed E-state index contributed by atoms with van der Waals surface area (Å²) in [5.74, 6) is 1.34. The van der Waals surface area contributed by atoms with E-state index >= 15 is 0 Å². The predicted molar refractivity (Wildman–Crippen MR) is 97.6 cm³/mol. The van der Waals surface area contributed by atoms with Gasteiger partial charge < -0.3 is 10.1 Å². The number of imidazole rings is 1. The molecule has 0 saturated heterocycles. The van der Waals surface area contributed by atoms with Crippen LogP contribution in [0.2, 0.25) is 0 Å². The summed E-state index contributed by atoms with van der Waals surface area (Å²) in [6.45, 7) is 2.10. The molecule has 2 unspecified atom stereocenters. The molecule has 0 aliphatic heterocycles. The van der Waals surface area contributed by atoms with E-state index in [1.54, 1.807) is 0 Å². The quantitative estimate of drug-likeness (QED) is 0.586. The van der Waals surface area contributed by atoms with E-state index < -0.39 is 0 Å². The van der Waals surface area contributed by atoms with Gasteiger partial charge in [0.15, 0.2) is 5.65 Å². The summed E-state index contributed by atoms with van der Waals surface area (Å²) in [6.07, 6.45) is 6.17. The Labute approximate surface area is 145 Å². The van der Waals surface area contributed by atoms with Gasteiger partial charge in [-0.15, -0.1) is 0 Å². The molecule has 4 aromatic rings. The van der Waals surface area contributed by atoms with Crippen molar-refractivity contribution in [1.82, 2.24) is 19.4 Å². The number of aromatic amines is 1. The molecule has 0 bridgehead atoms. The molecule has 0 spiro atoms. The summed E-state index contributed by atoms with van der Waals surface area (Å²) in [7, 11) is 0. The predicted octanol–water partition coefficient (Wildman–Crippen LogP) is 3.81. The zero-order chi connectivity index (χ0) is 17.0. The van der Waals surface area contributed by atoms with Gasteiger partial charge in [0.05, 0.1) is 29.5 Å². The number of hydrogen-bond acceptors (Lipinski definition) is 3. The number of benzene rings is 1. The Hall–Kier alpha value is -2.66. The van der Waals surface area contributed by atoms with Crippen LogP contribution in [0.4, 0.5) is 0 Å². The van der Waals surface area contributed by atoms with Crippen molar-refractivity contribution in [2.24, 2.45) is 0 Å². The topological polar surface area (TPSA) is 66.2 Å². The van der Waals surface area contributed by atoms with Crippen LogP contribution in [-0.2, 0) is 0 Å². The van der Waals surface area contributed by atoms with Crippen LogP contribution >= 0.6 is 0 Å². The van der Waals surface area contributed by atoms with Crippen LogP contribution in [0.1, 0.15) is 36.6 Å². The van der Waals surface area contributed by atoms with Crippen molar-refractivity contribution in [2.75, 3.05) is 0 Å². The molecule has 3 aromatic heterocycles. The first kappa shape index (κ1) is 14.7. The van der Waals surface area contributed by atoms with Crippen LogP contribution in [-0.4, -0.2) is 30.6 Å². The third-order valence-corrected chi connectivity index (χ3v) is 5.26. The number of rotatable bonds is 2. The van der Waals surface area contributed by atoms with E-state index in [-0.39, 0.29) is 6.10 Å². The fraction of sp³-hybridized carbons (Fsp3) is 0.300. The molecule has 0 amide bonds. The third-order valence-electron chi connectivity index (χ3n) is 5.26. The highest BCUT2D eigenvalue weighted by Gasteiger charge is 2.28. The van der Waals surface area contributed by atoms with Crippen molar-refractivity contribution < 1.29 is 5.11 Å². The summed E-state index contributed by atoms with van der Waals surface area (Å²) in [5, 5.41) is 9.91. The van der Waals surface area contributed by atoms with E-state index in [0.29, 0.717) is 5.92 Å². The van der Waals surface area contributed by atoms with E-state index in [1.807, 2.05) is 12.4 Å². The number of nitrogens with zero attached hydrogens (tertiary/aromatic N) is 3. The van der Waals surface area contributed by atoms with Crippen LogP contribution in [0.3, 0.4) is 0 Å². The van der Waals surface area contributed by atoms with Gasteiger partial charge in [-0.05, 0) is 43.9 Å². The number of aliphatic hydroxyl groups is 1. The Morgan fingerprint density at radius 2 is 2.04 bits per heavy atom. The lowest BCUT2D eigenvalue weighted by atomic mass is 10.1. The van der Waals surface area contributed by atoms with Gasteiger partial charge in [-0.2, -0.15) is 0 Å². The van der Waals surface area contributed by atoms with Crippen LogP contribution in [0.25, 0.3) is 27.9 Å². The zero-order valence-corrected chi connectivity index (χ0v) is 14.1. The lowest BCUT2D eigenvalue weighted by Gasteiger charge is -2.09. The van der Waals surface area contributed by atoms with Gasteiger partial charge in [-0.25, -0.2) is 9.97 Å². The number of fused-ring (bicyclic) bond motifs is 3. The van der Waals surface area contributed by atoms with E-state index in [9.17, 15) is 5.11 Å². The smallest absolute Gasteiger partial charge is 0.154 e. The summed E-state index contributed by atoms with van der Waals surface area (Å²) in [4.78, 5) is 12.7. The minimum Gasteiger partial charge on any atom is -0.393 e. The van der Waals surface area contributed by atoms with Crippen molar-refractivity contribution in [3.8, 4) is 11.3 Å². The summed E-state index contributed by atoms with van der Waals surface area (Å²) < 4.78 is 2.20. The monoisotopic (exact) mass is 332 g/mol. The van der Waals surface area contributed by atoms with Crippen LogP contribution in [0.5, 0.6) is 0 Å². The molecule has 5 nitrogen and oxygen atoms in total. The first-order valence-corrected chi connectivity index (χ1v) is 8.79. The van der Waals surface area contributed by atoms with Crippen molar-refractivity contribution in [1.29, 1.82) is 0 Å². The highest BCUT2D eigenvalue weighted by atomic mass is 16.3. The molecular weight excluding hydrogens is 312 g/mol. The molecule has 1 saturated carbocycles. The minimum absolute atomic E-state index is 0.205. The number of aryl methyl sites for hydroxylation is 1. The molecule has 1 aliphatic rings. The maximum absolute atomic E-state index is 9.91. The fourth-order valence-corrected chi connectivity index (χ4v) is 4.01. The second kappa shape index (κ2) is 5.43. The Balaban J connectivity index is 1.70. The normalized spacial score (nSPS) is 20.7. The molecule has 126 valence electrons. The van der Waals surface area contributed by atoms with Crippen LogP contribution < -0.4 is 0 Å². The molecule has 3 heterocycles. The summed E-state index contributed by atoms with van der Waals surface area (Å²) in [5.41, 5.74) is 6.36. The van der Waals surface area contributed by atoms with Gasteiger partial charge >= 0.3 is 0 Å². The summed E-state index contributed by atoms with van der Waals surface area (Å²) >= 11 is 0. The lowest BCUT2D eigenvalue weighted by Crippen LogP contribution is -2.04. The number of hydrogen-bond donors (Lipinski definition) is 2. The second-order valence-electron chi connectivity index (χ2n) is 7.09. The number of nitrogens with one attached hydrogen (secondary N) is 1. The average molecular weight is 332 g/mol. The first-order valence-electron chi connectivity index (χ1n) is 8.79. The Kier molecular flexibility index (Phi) is 3.18. The molecule has 5 rings (SSSR count). The molecule has 0 radical (unpaired) electrons. The van der Waals surface area contributed by atoms with Gasteiger partial charge in [-0.1, -0.05) is 23.8 Å².